The zero-order valence-electron chi connectivity index (χ0n) is 43.4. The van der Waals surface area contributed by atoms with E-state index >= 15 is 0 Å². The minimum atomic E-state index is -1.02. The van der Waals surface area contributed by atoms with Gasteiger partial charge in [0.1, 0.15) is 17.2 Å². The van der Waals surface area contributed by atoms with Crippen LogP contribution in [0.5, 0.6) is 23.0 Å². The van der Waals surface area contributed by atoms with Crippen LogP contribution in [0.15, 0.2) is 103 Å². The van der Waals surface area contributed by atoms with E-state index in [4.69, 9.17) is 79.4 Å². The van der Waals surface area contributed by atoms with Gasteiger partial charge in [-0.3, -0.25) is 42.5 Å². The zero-order valence-corrected chi connectivity index (χ0v) is 48.0. The van der Waals surface area contributed by atoms with Gasteiger partial charge < -0.3 is 30.3 Å². The molecule has 3 aromatic heterocycles. The smallest absolute Gasteiger partial charge is 0.311 e. The second-order valence-electron chi connectivity index (χ2n) is 18.3. The molecule has 6 aromatic carbocycles. The molecule has 414 valence electrons. The highest BCUT2D eigenvalue weighted by atomic mass is 35.5. The number of ether oxygens (including phenoxy) is 1. The van der Waals surface area contributed by atoms with E-state index < -0.39 is 23.8 Å². The first-order valence-corrected chi connectivity index (χ1v) is 26.7. The van der Waals surface area contributed by atoms with Gasteiger partial charge in [-0.25, -0.2) is 0 Å². The van der Waals surface area contributed by atoms with Crippen molar-refractivity contribution in [3.8, 4) is 23.0 Å². The highest BCUT2D eigenvalue weighted by molar-refractivity contribution is 6.43. The Bertz CT molecular complexity index is 4010. The molecule has 0 aliphatic rings. The fourth-order valence-corrected chi connectivity index (χ4v) is 10.5. The number of aliphatic carboxylic acids is 2. The van der Waals surface area contributed by atoms with E-state index in [-0.39, 0.29) is 62.2 Å². The third kappa shape index (κ3) is 12.1. The lowest BCUT2D eigenvalue weighted by Gasteiger charge is -2.13. The number of nitrogens with zero attached hydrogens (tertiary/aromatic N) is 3. The third-order valence-electron chi connectivity index (χ3n) is 13.2. The first kappa shape index (κ1) is 60.1. The average molecular weight is 1200 g/mol. The van der Waals surface area contributed by atoms with Crippen LogP contribution in [0, 0.1) is 20.8 Å². The molecule has 9 aromatic rings. The average Bonchev–Trinajstić information content (AvgIpc) is 4.08. The number of esters is 1. The van der Waals surface area contributed by atoms with E-state index in [9.17, 15) is 49.2 Å². The molecule has 9 rings (SSSR count). The lowest BCUT2D eigenvalue weighted by atomic mass is 9.92. The number of phenolic OH excluding ortho intramolecular Hbond substituents is 3. The summed E-state index contributed by atoms with van der Waals surface area (Å²) in [4.78, 5) is 74.1. The van der Waals surface area contributed by atoms with Crippen LogP contribution < -0.4 is 4.74 Å². The predicted octanol–water partition coefficient (Wildman–Crippen LogP) is 15.0. The van der Waals surface area contributed by atoms with Crippen LogP contribution in [0.1, 0.15) is 104 Å². The molecule has 0 fully saturated rings. The number of halogens is 6. The fourth-order valence-electron chi connectivity index (χ4n) is 9.61. The van der Waals surface area contributed by atoms with Crippen molar-refractivity contribution in [2.24, 2.45) is 0 Å². The Morgan fingerprint density at radius 3 is 1.39 bits per heavy atom. The maximum atomic E-state index is 13.2. The first-order chi connectivity index (χ1) is 37.8. The Morgan fingerprint density at radius 2 is 0.963 bits per heavy atom. The van der Waals surface area contributed by atoms with Crippen LogP contribution in [-0.4, -0.2) is 74.9 Å². The van der Waals surface area contributed by atoms with Crippen LogP contribution in [0.25, 0.3) is 32.7 Å². The number of benzene rings is 6. The maximum absolute atomic E-state index is 13.2. The molecule has 0 saturated heterocycles. The van der Waals surface area contributed by atoms with Gasteiger partial charge in [0.25, 0.3) is 17.7 Å². The summed E-state index contributed by atoms with van der Waals surface area (Å²) < 4.78 is 9.74. The molecule has 15 nitrogen and oxygen atoms in total. The monoisotopic (exact) mass is 1200 g/mol. The molecule has 0 spiro atoms. The molecule has 21 heteroatoms. The van der Waals surface area contributed by atoms with Crippen LogP contribution in [0.2, 0.25) is 30.1 Å². The number of aromatic hydroxyl groups is 3. The van der Waals surface area contributed by atoms with Crippen molar-refractivity contribution in [2.45, 2.75) is 73.1 Å². The van der Waals surface area contributed by atoms with E-state index in [1.165, 1.54) is 75.2 Å². The summed E-state index contributed by atoms with van der Waals surface area (Å²) in [5.41, 5.74) is 5.67. The number of carbonyl (C=O) groups is 6. The Morgan fingerprint density at radius 1 is 0.525 bits per heavy atom. The SMILES string of the molecule is CCCC(C(=O)O)c1c(C)n(C(=O)c2ccc(Cl)c(Cl)c2)c2ccc(O)cc12.CCc1c(O)ccc2c1c(OC(C)=O)c(C)n2C(=O)c1ccc(Cl)c(Cl)c1.Cc1c(CC(=O)O)c2cc(O)ccc2n1C(=O)c1ccc(Cl)c(Cl)c1. The highest BCUT2D eigenvalue weighted by Crippen LogP contribution is 2.41. The van der Waals surface area contributed by atoms with Gasteiger partial charge in [-0.15, -0.1) is 0 Å². The lowest BCUT2D eigenvalue weighted by molar-refractivity contribution is -0.139. The molecular weight excluding hydrogens is 1160 g/mol. The number of carboxylic acids is 2. The van der Waals surface area contributed by atoms with Gasteiger partial charge in [0.15, 0.2) is 5.75 Å². The van der Waals surface area contributed by atoms with Crippen molar-refractivity contribution in [3.63, 3.8) is 0 Å². The van der Waals surface area contributed by atoms with Crippen molar-refractivity contribution in [3.05, 3.63) is 184 Å². The molecule has 80 heavy (non-hydrogen) atoms. The molecule has 1 atom stereocenters. The number of rotatable bonds is 11. The minimum absolute atomic E-state index is 0.00160. The largest absolute Gasteiger partial charge is 0.508 e. The van der Waals surface area contributed by atoms with Gasteiger partial charge in [0.05, 0.1) is 70.1 Å². The van der Waals surface area contributed by atoms with Crippen molar-refractivity contribution in [2.75, 3.05) is 0 Å². The van der Waals surface area contributed by atoms with Crippen LogP contribution >= 0.6 is 69.6 Å². The van der Waals surface area contributed by atoms with Crippen LogP contribution in [0.3, 0.4) is 0 Å². The second kappa shape index (κ2) is 24.9. The summed E-state index contributed by atoms with van der Waals surface area (Å²) in [5.74, 6) is -3.98. The molecule has 1 unspecified atom stereocenters. The van der Waals surface area contributed by atoms with Crippen LogP contribution in [0.4, 0.5) is 0 Å². The molecule has 3 heterocycles. The predicted molar refractivity (Wildman–Crippen MR) is 311 cm³/mol. The standard InChI is InChI=1S/C21H19Cl2NO4.C20H17Cl2NO4.C18H13Cl2NO4/c1-3-4-14(21(27)28)19-11(2)24(18-8-6-13(25)10-15(18)19)20(26)12-5-7-16(22)17(23)9-12;1-4-13-17(25)8-7-16-18(13)19(27-11(3)24)10(2)23(16)20(26)12-5-6-14(21)15(22)9-12;1-9-12(8-17(23)24)13-7-11(22)3-5-16(13)21(9)18(25)10-2-4-14(19)15(20)6-10/h5-10,14,25H,3-4H2,1-2H3,(H,27,28);5-9,25H,4H2,1-3H3;2-7,22H,8H2,1H3,(H,23,24). The van der Waals surface area contributed by atoms with Gasteiger partial charge >= 0.3 is 17.9 Å². The first-order valence-electron chi connectivity index (χ1n) is 24.5. The molecule has 0 bridgehead atoms. The number of hydrogen-bond donors (Lipinski definition) is 5. The van der Waals surface area contributed by atoms with Crippen LogP contribution in [-0.2, 0) is 27.2 Å². The van der Waals surface area contributed by atoms with E-state index in [0.717, 1.165) is 0 Å². The Labute approximate surface area is 487 Å². The minimum Gasteiger partial charge on any atom is -0.508 e. The number of carbonyl (C=O) groups excluding carboxylic acids is 4. The number of hydrogen-bond acceptors (Lipinski definition) is 10. The third-order valence-corrected chi connectivity index (χ3v) is 15.4. The van der Waals surface area contributed by atoms with E-state index in [1.54, 1.807) is 69.3 Å². The number of aryl methyl sites for hydroxylation is 1. The Hall–Kier alpha value is -7.50. The molecule has 0 aliphatic carbocycles. The maximum Gasteiger partial charge on any atom is 0.311 e. The topological polar surface area (TPSA) is 228 Å². The summed E-state index contributed by atoms with van der Waals surface area (Å²) in [6.45, 7) is 10.1. The summed E-state index contributed by atoms with van der Waals surface area (Å²) in [6.07, 6.45) is 1.34. The number of fused-ring (bicyclic) bond motifs is 3. The molecule has 0 saturated carbocycles. The van der Waals surface area contributed by atoms with E-state index in [2.05, 4.69) is 0 Å². The number of carboxylic acid groups (broad SMARTS) is 2. The van der Waals surface area contributed by atoms with Crippen molar-refractivity contribution in [1.82, 2.24) is 13.7 Å². The molecule has 5 N–H and O–H groups in total. The normalized spacial score (nSPS) is 11.4. The number of phenols is 3. The quantitative estimate of drug-likeness (QED) is 0.0762. The van der Waals surface area contributed by atoms with Gasteiger partial charge in [-0.1, -0.05) is 89.9 Å². The van der Waals surface area contributed by atoms with E-state index in [1.807, 2.05) is 13.8 Å². The Balaban J connectivity index is 0.000000174. The Kier molecular flexibility index (Phi) is 18.7. The molecule has 0 aliphatic heterocycles. The summed E-state index contributed by atoms with van der Waals surface area (Å²) in [5, 5.41) is 52.2. The van der Waals surface area contributed by atoms with Gasteiger partial charge in [0.2, 0.25) is 0 Å². The molecule has 0 amide bonds. The summed E-state index contributed by atoms with van der Waals surface area (Å²) in [7, 11) is 0. The zero-order chi connectivity index (χ0) is 58.8. The van der Waals surface area contributed by atoms with Crippen molar-refractivity contribution >= 4 is 138 Å². The second-order valence-corrected chi connectivity index (χ2v) is 20.8. The summed E-state index contributed by atoms with van der Waals surface area (Å²) >= 11 is 35.9. The van der Waals surface area contributed by atoms with Crippen molar-refractivity contribution in [1.29, 1.82) is 0 Å². The van der Waals surface area contributed by atoms with Gasteiger partial charge in [-0.2, -0.15) is 0 Å². The van der Waals surface area contributed by atoms with Gasteiger partial charge in [0, 0.05) is 51.3 Å². The van der Waals surface area contributed by atoms with E-state index in [0.29, 0.717) is 118 Å². The lowest BCUT2D eigenvalue weighted by Crippen LogP contribution is -2.16. The highest BCUT2D eigenvalue weighted by Gasteiger charge is 2.30. The number of aromatic nitrogens is 3. The van der Waals surface area contributed by atoms with Gasteiger partial charge in [-0.05, 0) is 148 Å². The fraction of sp³-hybridized carbons (Fsp3) is 0.186. The molecular formula is C59H49Cl6N3O12. The van der Waals surface area contributed by atoms with Crippen molar-refractivity contribution < 1.29 is 59.0 Å². The summed E-state index contributed by atoms with van der Waals surface area (Å²) in [6, 6.07) is 26.0. The molecule has 0 radical (unpaired) electrons.